The molecule has 61 heavy (non-hydrogen) atoms. The van der Waals surface area contributed by atoms with E-state index < -0.39 is 17.8 Å². The van der Waals surface area contributed by atoms with Crippen LogP contribution in [0.2, 0.25) is 0 Å². The van der Waals surface area contributed by atoms with Gasteiger partial charge in [-0.2, -0.15) is 0 Å². The summed E-state index contributed by atoms with van der Waals surface area (Å²) < 4.78 is 0. The topological polar surface area (TPSA) is 185 Å². The second-order valence-corrected chi connectivity index (χ2v) is 17.1. The lowest BCUT2D eigenvalue weighted by molar-refractivity contribution is -0.137. The summed E-state index contributed by atoms with van der Waals surface area (Å²) in [4.78, 5) is 49.8. The van der Waals surface area contributed by atoms with Crippen molar-refractivity contribution in [3.05, 3.63) is 143 Å². The number of amides is 3. The van der Waals surface area contributed by atoms with E-state index in [-0.39, 0.29) is 30.2 Å². The van der Waals surface area contributed by atoms with Crippen LogP contribution in [0.1, 0.15) is 108 Å². The van der Waals surface area contributed by atoms with Gasteiger partial charge < -0.3 is 37.4 Å². The molecule has 0 aliphatic heterocycles. The molecule has 0 spiro atoms. The highest BCUT2D eigenvalue weighted by Crippen LogP contribution is 2.28. The van der Waals surface area contributed by atoms with Gasteiger partial charge in [-0.15, -0.1) is 0 Å². The monoisotopic (exact) mass is 837 g/mol. The molecule has 332 valence electrons. The summed E-state index contributed by atoms with van der Waals surface area (Å²) in [6.07, 6.45) is 4.29. The first kappa shape index (κ1) is 51.8. The van der Waals surface area contributed by atoms with E-state index in [1.165, 1.54) is 5.56 Å². The number of hydrogen-bond donors (Lipinski definition) is 5. The van der Waals surface area contributed by atoms with Crippen LogP contribution in [0.25, 0.3) is 0 Å². The number of carboxylic acid groups (broad SMARTS) is 1. The van der Waals surface area contributed by atoms with Gasteiger partial charge in [0.1, 0.15) is 0 Å². The van der Waals surface area contributed by atoms with Gasteiger partial charge in [-0.25, -0.2) is 0 Å². The van der Waals surface area contributed by atoms with Crippen LogP contribution in [-0.4, -0.2) is 92.0 Å². The lowest BCUT2D eigenvalue weighted by Crippen LogP contribution is -2.42. The summed E-state index contributed by atoms with van der Waals surface area (Å²) in [6, 6.07) is 35.4. The quantitative estimate of drug-likeness (QED) is 0.0588. The Morgan fingerprint density at radius 2 is 0.951 bits per heavy atom. The van der Waals surface area contributed by atoms with Crippen LogP contribution < -0.4 is 22.5 Å². The molecular formula is C50H72N6O5. The smallest absolute Gasteiger partial charge is 0.303 e. The number of carboxylic acids is 1. The number of hydrogen-bond acceptors (Lipinski definition) is 7. The van der Waals surface area contributed by atoms with Crippen molar-refractivity contribution in [2.45, 2.75) is 90.1 Å². The number of carbonyl (C=O) groups excluding carboxylic acids is 3. The fourth-order valence-electron chi connectivity index (χ4n) is 7.07. The standard InChI is InChI=1S/C25H35N3O2.C13H18O2.C12H19N3O/c1-18(2)14-22(20-8-6-5-7-9-20)16-24(29)27-17-23(28(3)4)15-19-10-12-21(13-11-19)25(26)30;1-10(2)8-12(9-13(14)15)11-6-4-3-5-7-11;1-15(2)11(8-13)7-9-3-5-10(6-4-9)12(14)16/h5-13,18,22-23H,14-17H2,1-4H3,(H2,26,30)(H,27,29);3-7,10,12H,8-9H2,1-2H3,(H,14,15);3-6,11H,7-8,13H2,1-2H3,(H2,14,16)/t22-,23-;12-;11-/m000/s1. The highest BCUT2D eigenvalue weighted by Gasteiger charge is 2.20. The van der Waals surface area contributed by atoms with E-state index in [2.05, 4.69) is 54.9 Å². The second-order valence-electron chi connectivity index (χ2n) is 17.1. The fourth-order valence-corrected chi connectivity index (χ4v) is 7.07. The lowest BCUT2D eigenvalue weighted by Gasteiger charge is -2.26. The maximum atomic E-state index is 12.7. The third kappa shape index (κ3) is 20.6. The molecule has 0 unspecified atom stereocenters. The molecule has 0 aliphatic carbocycles. The van der Waals surface area contributed by atoms with Crippen molar-refractivity contribution in [2.75, 3.05) is 41.3 Å². The molecule has 0 bridgehead atoms. The summed E-state index contributed by atoms with van der Waals surface area (Å²) in [5.41, 5.74) is 21.8. The summed E-state index contributed by atoms with van der Waals surface area (Å²) in [5.74, 6) is -0.0312. The fraction of sp³-hybridized carbons (Fsp3) is 0.440. The van der Waals surface area contributed by atoms with Gasteiger partial charge in [-0.1, -0.05) is 113 Å². The third-order valence-electron chi connectivity index (χ3n) is 10.6. The lowest BCUT2D eigenvalue weighted by atomic mass is 9.87. The molecular weight excluding hydrogens is 765 g/mol. The largest absolute Gasteiger partial charge is 0.481 e. The van der Waals surface area contributed by atoms with Gasteiger partial charge in [0.2, 0.25) is 17.7 Å². The molecule has 0 radical (unpaired) electrons. The Morgan fingerprint density at radius 1 is 0.574 bits per heavy atom. The van der Waals surface area contributed by atoms with Crippen LogP contribution in [0.5, 0.6) is 0 Å². The van der Waals surface area contributed by atoms with Gasteiger partial charge in [-0.3, -0.25) is 19.2 Å². The second kappa shape index (κ2) is 27.5. The summed E-state index contributed by atoms with van der Waals surface area (Å²) in [6.45, 7) is 9.82. The maximum Gasteiger partial charge on any atom is 0.303 e. The van der Waals surface area contributed by atoms with E-state index in [0.29, 0.717) is 48.5 Å². The first-order valence-corrected chi connectivity index (χ1v) is 21.3. The highest BCUT2D eigenvalue weighted by molar-refractivity contribution is 5.93. The summed E-state index contributed by atoms with van der Waals surface area (Å²) >= 11 is 0. The molecule has 11 heteroatoms. The van der Waals surface area contributed by atoms with Crippen LogP contribution in [0, 0.1) is 11.8 Å². The van der Waals surface area contributed by atoms with Crippen molar-refractivity contribution in [2.24, 2.45) is 29.0 Å². The number of benzene rings is 4. The molecule has 0 aromatic heterocycles. The Kier molecular flexibility index (Phi) is 23.3. The Hall–Kier alpha value is -5.36. The molecule has 4 atom stereocenters. The molecule has 0 saturated carbocycles. The minimum Gasteiger partial charge on any atom is -0.481 e. The van der Waals surface area contributed by atoms with E-state index in [4.69, 9.17) is 22.3 Å². The van der Waals surface area contributed by atoms with Crippen molar-refractivity contribution >= 4 is 23.7 Å². The minimum atomic E-state index is -0.718. The molecule has 0 saturated heterocycles. The van der Waals surface area contributed by atoms with E-state index in [9.17, 15) is 19.2 Å². The third-order valence-corrected chi connectivity index (χ3v) is 10.6. The number of carbonyl (C=O) groups is 4. The average molecular weight is 837 g/mol. The van der Waals surface area contributed by atoms with Crippen LogP contribution in [0.15, 0.2) is 109 Å². The molecule has 0 fully saturated rings. The van der Waals surface area contributed by atoms with Gasteiger partial charge in [0.15, 0.2) is 0 Å². The van der Waals surface area contributed by atoms with Gasteiger partial charge in [0.25, 0.3) is 0 Å². The Balaban J connectivity index is 0.000000348. The Morgan fingerprint density at radius 3 is 1.28 bits per heavy atom. The van der Waals surface area contributed by atoms with E-state index in [0.717, 1.165) is 42.4 Å². The molecule has 0 aliphatic rings. The maximum absolute atomic E-state index is 12.7. The van der Waals surface area contributed by atoms with Crippen molar-refractivity contribution in [3.63, 3.8) is 0 Å². The van der Waals surface area contributed by atoms with Crippen LogP contribution >= 0.6 is 0 Å². The van der Waals surface area contributed by atoms with Crippen LogP contribution in [-0.2, 0) is 22.4 Å². The zero-order chi connectivity index (χ0) is 45.5. The summed E-state index contributed by atoms with van der Waals surface area (Å²) in [5, 5.41) is 12.0. The van der Waals surface area contributed by atoms with E-state index >= 15 is 0 Å². The van der Waals surface area contributed by atoms with E-state index in [1.807, 2.05) is 101 Å². The van der Waals surface area contributed by atoms with Crippen molar-refractivity contribution in [1.29, 1.82) is 0 Å². The number of aliphatic carboxylic acids is 1. The Labute approximate surface area is 365 Å². The molecule has 4 aromatic carbocycles. The number of nitrogens with zero attached hydrogens (tertiary/aromatic N) is 2. The highest BCUT2D eigenvalue weighted by atomic mass is 16.4. The number of rotatable bonds is 21. The zero-order valence-electron chi connectivity index (χ0n) is 37.7. The number of nitrogens with one attached hydrogen (secondary N) is 1. The van der Waals surface area contributed by atoms with Gasteiger partial charge in [0, 0.05) is 42.7 Å². The average Bonchev–Trinajstić information content (AvgIpc) is 3.21. The summed E-state index contributed by atoms with van der Waals surface area (Å²) in [7, 11) is 8.05. The van der Waals surface area contributed by atoms with Crippen LogP contribution in [0.4, 0.5) is 0 Å². The van der Waals surface area contributed by atoms with Crippen molar-refractivity contribution < 1.29 is 24.3 Å². The van der Waals surface area contributed by atoms with E-state index in [1.54, 1.807) is 24.3 Å². The Bertz CT molecular complexity index is 1870. The number of nitrogens with two attached hydrogens (primary N) is 3. The first-order valence-electron chi connectivity index (χ1n) is 21.3. The normalized spacial score (nSPS) is 13.0. The van der Waals surface area contributed by atoms with Gasteiger partial charge in [-0.05, 0) is 124 Å². The van der Waals surface area contributed by atoms with Gasteiger partial charge >= 0.3 is 5.97 Å². The number of likely N-dealkylation sites (N-methyl/N-ethyl adjacent to an activating group) is 2. The molecule has 8 N–H and O–H groups in total. The first-order chi connectivity index (χ1) is 28.9. The SMILES string of the molecule is CC(C)C[C@@H](CC(=O)NC[C@H](Cc1ccc(C(N)=O)cc1)N(C)C)c1ccccc1.CC(C)C[C@@H](CC(=O)O)c1ccccc1.CN(C)[C@H](CN)Cc1ccc(C(N)=O)cc1. The minimum absolute atomic E-state index is 0.0837. The van der Waals surface area contributed by atoms with Crippen molar-refractivity contribution in [1.82, 2.24) is 15.1 Å². The molecule has 11 nitrogen and oxygen atoms in total. The van der Waals surface area contributed by atoms with Crippen LogP contribution in [0.3, 0.4) is 0 Å². The predicted molar refractivity (Wildman–Crippen MR) is 248 cm³/mol. The number of primary amides is 2. The zero-order valence-corrected chi connectivity index (χ0v) is 37.7. The molecule has 0 heterocycles. The van der Waals surface area contributed by atoms with Crippen molar-refractivity contribution in [3.8, 4) is 0 Å². The molecule has 4 rings (SSSR count). The van der Waals surface area contributed by atoms with Gasteiger partial charge in [0.05, 0.1) is 6.42 Å². The predicted octanol–water partition coefficient (Wildman–Crippen LogP) is 7.10. The molecule has 4 aromatic rings. The molecule has 3 amide bonds.